The zero-order valence-electron chi connectivity index (χ0n) is 8.05. The van der Waals surface area contributed by atoms with Crippen molar-refractivity contribution in [3.05, 3.63) is 0 Å². The lowest BCUT2D eigenvalue weighted by atomic mass is 10.5. The second kappa shape index (κ2) is 6.01. The molecular formula is C6H11Br2Cl2O4P. The van der Waals surface area contributed by atoms with Gasteiger partial charge in [-0.05, 0) is 38.3 Å². The fourth-order valence-corrected chi connectivity index (χ4v) is 3.08. The molecule has 1 unspecified atom stereocenters. The van der Waals surface area contributed by atoms with Gasteiger partial charge in [-0.25, -0.2) is 9.09 Å². The third kappa shape index (κ3) is 7.55. The third-order valence-electron chi connectivity index (χ3n) is 1.32. The molecule has 0 fully saturated rings. The van der Waals surface area contributed by atoms with E-state index in [0.29, 0.717) is 6.42 Å². The van der Waals surface area contributed by atoms with Crippen molar-refractivity contribution in [3.63, 3.8) is 0 Å². The Bertz CT molecular complexity index is 240. The second-order valence-corrected chi connectivity index (χ2v) is 8.98. The molecule has 0 radical (unpaired) electrons. The first-order valence-corrected chi connectivity index (χ1v) is 7.87. The van der Waals surface area contributed by atoms with E-state index in [9.17, 15) is 9.46 Å². The monoisotopic (exact) mass is 406 g/mol. The second-order valence-electron chi connectivity index (χ2n) is 2.63. The summed E-state index contributed by atoms with van der Waals surface area (Å²) in [5, 5.41) is 0. The SMILES string of the molecule is CCC(Cl)(Cl)OP(=O)(O)OC(Br)(Br)CC. The van der Waals surface area contributed by atoms with Gasteiger partial charge in [-0.1, -0.05) is 37.0 Å². The minimum absolute atomic E-state index is 0.147. The van der Waals surface area contributed by atoms with E-state index in [0.717, 1.165) is 0 Å². The lowest BCUT2D eigenvalue weighted by molar-refractivity contribution is 0.104. The Balaban J connectivity index is 4.51. The number of phosphoric ester groups is 1. The standard InChI is InChI=1S/C6H11Br2Cl2O4P/c1-3-5(7,8)13-15(11,12)14-6(9,10)4-2/h3-4H2,1-2H3,(H,11,12). The van der Waals surface area contributed by atoms with E-state index in [1.54, 1.807) is 13.8 Å². The van der Waals surface area contributed by atoms with Crippen LogP contribution in [0.4, 0.5) is 0 Å². The van der Waals surface area contributed by atoms with Crippen molar-refractivity contribution in [3.8, 4) is 0 Å². The molecule has 9 heteroatoms. The molecule has 0 bridgehead atoms. The Morgan fingerprint density at radius 1 is 1.27 bits per heavy atom. The Morgan fingerprint density at radius 3 is 2.07 bits per heavy atom. The van der Waals surface area contributed by atoms with Crippen molar-refractivity contribution < 1.29 is 18.5 Å². The van der Waals surface area contributed by atoms with E-state index in [-0.39, 0.29) is 6.42 Å². The number of alkyl halides is 4. The van der Waals surface area contributed by atoms with Crippen LogP contribution in [0.3, 0.4) is 0 Å². The Kier molecular flexibility index (Phi) is 6.67. The van der Waals surface area contributed by atoms with Crippen LogP contribution in [-0.4, -0.2) is 12.8 Å². The van der Waals surface area contributed by atoms with Crippen molar-refractivity contribution in [1.82, 2.24) is 0 Å². The van der Waals surface area contributed by atoms with E-state index in [4.69, 9.17) is 27.7 Å². The molecular weight excluding hydrogens is 398 g/mol. The maximum absolute atomic E-state index is 11.4. The molecule has 0 aromatic rings. The first-order chi connectivity index (χ1) is 6.54. The Morgan fingerprint density at radius 2 is 1.73 bits per heavy atom. The first kappa shape index (κ1) is 16.6. The number of halogens is 4. The van der Waals surface area contributed by atoms with Gasteiger partial charge in [0.1, 0.15) is 0 Å². The summed E-state index contributed by atoms with van der Waals surface area (Å²) in [6.45, 7) is 3.34. The molecule has 0 saturated heterocycles. The molecule has 0 spiro atoms. The number of rotatable bonds is 6. The maximum Gasteiger partial charge on any atom is 0.476 e. The van der Waals surface area contributed by atoms with Crippen molar-refractivity contribution in [2.45, 2.75) is 34.6 Å². The molecule has 1 atom stereocenters. The minimum atomic E-state index is -4.33. The average molecular weight is 409 g/mol. The van der Waals surface area contributed by atoms with Gasteiger partial charge in [-0.3, -0.25) is 4.52 Å². The van der Waals surface area contributed by atoms with Gasteiger partial charge in [-0.15, -0.1) is 0 Å². The highest BCUT2D eigenvalue weighted by Crippen LogP contribution is 2.56. The van der Waals surface area contributed by atoms with Gasteiger partial charge in [0.2, 0.25) is 4.52 Å². The number of hydrogen-bond donors (Lipinski definition) is 1. The van der Waals surface area contributed by atoms with Gasteiger partial charge in [0.15, 0.2) is 3.42 Å². The average Bonchev–Trinajstić information content (AvgIpc) is 2.00. The Labute approximate surface area is 115 Å². The topological polar surface area (TPSA) is 55.8 Å². The Hall–Kier alpha value is 1.65. The molecule has 0 aromatic heterocycles. The summed E-state index contributed by atoms with van der Waals surface area (Å²) in [6.07, 6.45) is 0.540. The zero-order chi connectivity index (χ0) is 12.3. The van der Waals surface area contributed by atoms with Crippen molar-refractivity contribution >= 4 is 62.9 Å². The molecule has 0 aliphatic heterocycles. The summed E-state index contributed by atoms with van der Waals surface area (Å²) in [5.41, 5.74) is 0. The molecule has 0 rings (SSSR count). The molecule has 1 N–H and O–H groups in total. The highest BCUT2D eigenvalue weighted by Gasteiger charge is 2.40. The minimum Gasteiger partial charge on any atom is -0.302 e. The molecule has 0 amide bonds. The van der Waals surface area contributed by atoms with Crippen LogP contribution in [0.25, 0.3) is 0 Å². The van der Waals surface area contributed by atoms with Crippen LogP contribution in [0.2, 0.25) is 0 Å². The molecule has 92 valence electrons. The lowest BCUT2D eigenvalue weighted by Gasteiger charge is -2.26. The summed E-state index contributed by atoms with van der Waals surface area (Å²) in [4.78, 5) is 9.33. The number of hydrogen-bond acceptors (Lipinski definition) is 3. The predicted octanol–water partition coefficient (Wildman–Crippen LogP) is 4.52. The normalized spacial score (nSPS) is 17.5. The first-order valence-electron chi connectivity index (χ1n) is 4.03. The van der Waals surface area contributed by atoms with E-state index in [2.05, 4.69) is 36.4 Å². The van der Waals surface area contributed by atoms with Crippen LogP contribution >= 0.6 is 62.9 Å². The zero-order valence-corrected chi connectivity index (χ0v) is 13.6. The maximum atomic E-state index is 11.4. The van der Waals surface area contributed by atoms with Gasteiger partial charge in [0, 0.05) is 6.42 Å². The molecule has 4 nitrogen and oxygen atoms in total. The van der Waals surface area contributed by atoms with Gasteiger partial charge in [0.25, 0.3) is 0 Å². The lowest BCUT2D eigenvalue weighted by Crippen LogP contribution is -2.20. The highest BCUT2D eigenvalue weighted by atomic mass is 79.9. The molecule has 15 heavy (non-hydrogen) atoms. The van der Waals surface area contributed by atoms with Gasteiger partial charge >= 0.3 is 7.82 Å². The van der Waals surface area contributed by atoms with E-state index >= 15 is 0 Å². The molecule has 0 aliphatic rings. The smallest absolute Gasteiger partial charge is 0.302 e. The van der Waals surface area contributed by atoms with Gasteiger partial charge < -0.3 is 4.89 Å². The summed E-state index contributed by atoms with van der Waals surface area (Å²) in [5.74, 6) is 0. The summed E-state index contributed by atoms with van der Waals surface area (Å²) in [7, 11) is -4.33. The van der Waals surface area contributed by atoms with Gasteiger partial charge in [-0.2, -0.15) is 0 Å². The quantitative estimate of drug-likeness (QED) is 0.518. The molecule has 0 aromatic carbocycles. The van der Waals surface area contributed by atoms with Crippen LogP contribution in [0.5, 0.6) is 0 Å². The largest absolute Gasteiger partial charge is 0.476 e. The summed E-state index contributed by atoms with van der Waals surface area (Å²) >= 11 is 17.2. The van der Waals surface area contributed by atoms with Crippen LogP contribution in [0.15, 0.2) is 0 Å². The fraction of sp³-hybridized carbons (Fsp3) is 1.00. The van der Waals surface area contributed by atoms with Crippen molar-refractivity contribution in [2.75, 3.05) is 0 Å². The van der Waals surface area contributed by atoms with Gasteiger partial charge in [0.05, 0.1) is 0 Å². The van der Waals surface area contributed by atoms with E-state index in [1.165, 1.54) is 0 Å². The highest BCUT2D eigenvalue weighted by molar-refractivity contribution is 9.25. The van der Waals surface area contributed by atoms with Crippen LogP contribution in [-0.2, 0) is 13.6 Å². The summed E-state index contributed by atoms with van der Waals surface area (Å²) < 4.78 is 17.9. The van der Waals surface area contributed by atoms with Crippen LogP contribution in [0.1, 0.15) is 26.7 Å². The van der Waals surface area contributed by atoms with E-state index < -0.39 is 15.8 Å². The number of phosphoric acid groups is 1. The molecule has 0 heterocycles. The van der Waals surface area contributed by atoms with Crippen molar-refractivity contribution in [2.24, 2.45) is 0 Å². The summed E-state index contributed by atoms with van der Waals surface area (Å²) in [6, 6.07) is 0. The van der Waals surface area contributed by atoms with E-state index in [1.807, 2.05) is 0 Å². The molecule has 0 saturated carbocycles. The predicted molar refractivity (Wildman–Crippen MR) is 67.6 cm³/mol. The fourth-order valence-electron chi connectivity index (χ4n) is 0.485. The van der Waals surface area contributed by atoms with Crippen molar-refractivity contribution in [1.29, 1.82) is 0 Å². The van der Waals surface area contributed by atoms with Crippen LogP contribution in [0, 0.1) is 0 Å². The molecule has 0 aliphatic carbocycles. The third-order valence-corrected chi connectivity index (χ3v) is 5.26. The van der Waals surface area contributed by atoms with Crippen LogP contribution < -0.4 is 0 Å².